The van der Waals surface area contributed by atoms with E-state index in [2.05, 4.69) is 26.9 Å². The summed E-state index contributed by atoms with van der Waals surface area (Å²) < 4.78 is 0. The van der Waals surface area contributed by atoms with Gasteiger partial charge in [0, 0.05) is 42.2 Å². The molecule has 0 saturated heterocycles. The van der Waals surface area contributed by atoms with Crippen LogP contribution in [0.1, 0.15) is 31.3 Å². The summed E-state index contributed by atoms with van der Waals surface area (Å²) in [6.45, 7) is 2.19. The van der Waals surface area contributed by atoms with Gasteiger partial charge < -0.3 is 0 Å². The SMILES string of the molecule is CC1(c2nc(Cl)cc(SCCc3cnccn3)n2)CC1. The highest BCUT2D eigenvalue weighted by molar-refractivity contribution is 7.99. The maximum atomic E-state index is 6.09. The number of thioether (sulfide) groups is 1. The van der Waals surface area contributed by atoms with Crippen LogP contribution in [-0.4, -0.2) is 25.7 Å². The summed E-state index contributed by atoms with van der Waals surface area (Å²) in [6, 6.07) is 1.83. The van der Waals surface area contributed by atoms with Crippen molar-refractivity contribution in [3.8, 4) is 0 Å². The zero-order valence-electron chi connectivity index (χ0n) is 11.2. The molecule has 20 heavy (non-hydrogen) atoms. The number of aromatic nitrogens is 4. The molecule has 0 aromatic carbocycles. The Balaban J connectivity index is 1.64. The van der Waals surface area contributed by atoms with Gasteiger partial charge in [0.25, 0.3) is 0 Å². The second kappa shape index (κ2) is 5.66. The van der Waals surface area contributed by atoms with Gasteiger partial charge in [-0.15, -0.1) is 11.8 Å². The van der Waals surface area contributed by atoms with Gasteiger partial charge in [0.05, 0.1) is 5.69 Å². The van der Waals surface area contributed by atoms with E-state index in [1.54, 1.807) is 30.4 Å². The van der Waals surface area contributed by atoms with Gasteiger partial charge in [0.15, 0.2) is 0 Å². The average molecular weight is 307 g/mol. The lowest BCUT2D eigenvalue weighted by Gasteiger charge is -2.09. The van der Waals surface area contributed by atoms with Gasteiger partial charge >= 0.3 is 0 Å². The monoisotopic (exact) mass is 306 g/mol. The first-order valence-corrected chi connectivity index (χ1v) is 7.95. The van der Waals surface area contributed by atoms with Gasteiger partial charge in [-0.1, -0.05) is 18.5 Å². The van der Waals surface area contributed by atoms with Crippen molar-refractivity contribution in [1.29, 1.82) is 0 Å². The van der Waals surface area contributed by atoms with Crippen LogP contribution in [0.4, 0.5) is 0 Å². The Morgan fingerprint density at radius 2 is 2.15 bits per heavy atom. The van der Waals surface area contributed by atoms with E-state index in [1.165, 1.54) is 0 Å². The lowest BCUT2D eigenvalue weighted by Crippen LogP contribution is -2.07. The molecule has 0 unspecified atom stereocenters. The topological polar surface area (TPSA) is 51.6 Å². The van der Waals surface area contributed by atoms with Crippen molar-refractivity contribution >= 4 is 23.4 Å². The Bertz CT molecular complexity index is 601. The van der Waals surface area contributed by atoms with Gasteiger partial charge in [-0.05, 0) is 12.8 Å². The first-order chi connectivity index (χ1) is 9.66. The Hall–Kier alpha value is -1.20. The van der Waals surface area contributed by atoms with Crippen molar-refractivity contribution in [3.63, 3.8) is 0 Å². The summed E-state index contributed by atoms with van der Waals surface area (Å²) in [5.74, 6) is 1.79. The first kappa shape index (κ1) is 13.8. The average Bonchev–Trinajstić information content (AvgIpc) is 3.19. The van der Waals surface area contributed by atoms with Crippen LogP contribution in [-0.2, 0) is 11.8 Å². The number of aryl methyl sites for hydroxylation is 1. The normalized spacial score (nSPS) is 16.1. The summed E-state index contributed by atoms with van der Waals surface area (Å²) in [5.41, 5.74) is 1.14. The smallest absolute Gasteiger partial charge is 0.137 e. The minimum absolute atomic E-state index is 0.144. The van der Waals surface area contributed by atoms with Crippen LogP contribution in [0.2, 0.25) is 5.15 Å². The second-order valence-corrected chi connectivity index (χ2v) is 6.71. The molecule has 104 valence electrons. The molecule has 0 spiro atoms. The number of halogens is 1. The summed E-state index contributed by atoms with van der Waals surface area (Å²) >= 11 is 7.78. The quantitative estimate of drug-likeness (QED) is 0.626. The van der Waals surface area contributed by atoms with Crippen molar-refractivity contribution in [2.45, 2.75) is 36.6 Å². The third-order valence-electron chi connectivity index (χ3n) is 3.44. The summed E-state index contributed by atoms with van der Waals surface area (Å²) in [6.07, 6.45) is 8.36. The molecule has 1 fully saturated rings. The molecule has 1 aliphatic carbocycles. The highest BCUT2D eigenvalue weighted by atomic mass is 35.5. The molecule has 0 aliphatic heterocycles. The lowest BCUT2D eigenvalue weighted by molar-refractivity contribution is 0.693. The fourth-order valence-corrected chi connectivity index (χ4v) is 2.99. The van der Waals surface area contributed by atoms with Crippen LogP contribution in [0.25, 0.3) is 0 Å². The number of hydrogen-bond acceptors (Lipinski definition) is 5. The molecule has 0 radical (unpaired) electrons. The third-order valence-corrected chi connectivity index (χ3v) is 4.54. The largest absolute Gasteiger partial charge is 0.261 e. The maximum absolute atomic E-state index is 6.09. The molecular formula is C14H15ClN4S. The van der Waals surface area contributed by atoms with Crippen LogP contribution in [0.5, 0.6) is 0 Å². The zero-order chi connectivity index (χ0) is 14.0. The Morgan fingerprint density at radius 1 is 1.30 bits per heavy atom. The van der Waals surface area contributed by atoms with Gasteiger partial charge in [-0.25, -0.2) is 9.97 Å². The van der Waals surface area contributed by atoms with Gasteiger partial charge in [-0.2, -0.15) is 0 Å². The van der Waals surface area contributed by atoms with Crippen LogP contribution in [0.3, 0.4) is 0 Å². The minimum Gasteiger partial charge on any atom is -0.261 e. The van der Waals surface area contributed by atoms with Crippen molar-refractivity contribution < 1.29 is 0 Å². The van der Waals surface area contributed by atoms with E-state index in [0.29, 0.717) is 5.15 Å². The molecular weight excluding hydrogens is 292 g/mol. The fourth-order valence-electron chi connectivity index (χ4n) is 1.87. The van der Waals surface area contributed by atoms with Crippen molar-refractivity contribution in [2.75, 3.05) is 5.75 Å². The molecule has 3 rings (SSSR count). The molecule has 0 amide bonds. The van der Waals surface area contributed by atoms with Crippen LogP contribution in [0.15, 0.2) is 29.7 Å². The number of nitrogens with zero attached hydrogens (tertiary/aromatic N) is 4. The molecule has 0 N–H and O–H groups in total. The standard InChI is InChI=1S/C14H15ClN4S/c1-14(3-4-14)13-18-11(15)8-12(19-13)20-7-2-10-9-16-5-6-17-10/h5-6,8-9H,2-4,7H2,1H3. The van der Waals surface area contributed by atoms with Gasteiger partial charge in [0.1, 0.15) is 16.0 Å². The van der Waals surface area contributed by atoms with Crippen molar-refractivity contribution in [1.82, 2.24) is 19.9 Å². The van der Waals surface area contributed by atoms with Gasteiger partial charge in [-0.3, -0.25) is 9.97 Å². The van der Waals surface area contributed by atoms with E-state index in [4.69, 9.17) is 11.6 Å². The zero-order valence-corrected chi connectivity index (χ0v) is 12.8. The molecule has 4 nitrogen and oxygen atoms in total. The van der Waals surface area contributed by atoms with Crippen LogP contribution < -0.4 is 0 Å². The molecule has 2 heterocycles. The van der Waals surface area contributed by atoms with Crippen LogP contribution in [0, 0.1) is 0 Å². The highest BCUT2D eigenvalue weighted by Crippen LogP contribution is 2.46. The third kappa shape index (κ3) is 3.27. The molecule has 0 bridgehead atoms. The maximum Gasteiger partial charge on any atom is 0.137 e. The molecule has 6 heteroatoms. The van der Waals surface area contributed by atoms with E-state index < -0.39 is 0 Å². The molecule has 1 saturated carbocycles. The number of rotatable bonds is 5. The van der Waals surface area contributed by atoms with E-state index in [0.717, 1.165) is 41.6 Å². The van der Waals surface area contributed by atoms with Crippen LogP contribution >= 0.6 is 23.4 Å². The summed E-state index contributed by atoms with van der Waals surface area (Å²) in [5, 5.41) is 1.47. The molecule has 2 aromatic heterocycles. The summed E-state index contributed by atoms with van der Waals surface area (Å²) in [4.78, 5) is 17.3. The molecule has 2 aromatic rings. The molecule has 1 aliphatic rings. The Morgan fingerprint density at radius 3 is 2.85 bits per heavy atom. The Labute approximate surface area is 127 Å². The minimum atomic E-state index is 0.144. The van der Waals surface area contributed by atoms with Crippen molar-refractivity contribution in [3.05, 3.63) is 41.3 Å². The number of hydrogen-bond donors (Lipinski definition) is 0. The first-order valence-electron chi connectivity index (χ1n) is 6.58. The lowest BCUT2D eigenvalue weighted by atomic mass is 10.1. The highest BCUT2D eigenvalue weighted by Gasteiger charge is 2.42. The van der Waals surface area contributed by atoms with E-state index in [9.17, 15) is 0 Å². The predicted octanol–water partition coefficient (Wildman–Crippen LogP) is 3.31. The Kier molecular flexibility index (Phi) is 3.89. The van der Waals surface area contributed by atoms with E-state index in [1.807, 2.05) is 6.07 Å². The fraction of sp³-hybridized carbons (Fsp3) is 0.429. The predicted molar refractivity (Wildman–Crippen MR) is 80.1 cm³/mol. The van der Waals surface area contributed by atoms with Crippen molar-refractivity contribution in [2.24, 2.45) is 0 Å². The van der Waals surface area contributed by atoms with Gasteiger partial charge in [0.2, 0.25) is 0 Å². The summed E-state index contributed by atoms with van der Waals surface area (Å²) in [7, 11) is 0. The second-order valence-electron chi connectivity index (χ2n) is 5.21. The molecule has 0 atom stereocenters. The van der Waals surface area contributed by atoms with E-state index >= 15 is 0 Å². The van der Waals surface area contributed by atoms with E-state index in [-0.39, 0.29) is 5.41 Å².